The van der Waals surface area contributed by atoms with Gasteiger partial charge >= 0.3 is 0 Å². The van der Waals surface area contributed by atoms with Gasteiger partial charge < -0.3 is 26.6 Å². The number of nitrogens with one attached hydrogen (secondary N) is 1. The molecule has 2 saturated heterocycles. The van der Waals surface area contributed by atoms with Crippen LogP contribution in [0.1, 0.15) is 53.5 Å². The highest BCUT2D eigenvalue weighted by molar-refractivity contribution is 6.32. The second-order valence-corrected chi connectivity index (χ2v) is 11.9. The number of anilines is 4. The minimum Gasteiger partial charge on any atom is -0.383 e. The smallest absolute Gasteiger partial charge is 0.278 e. The predicted molar refractivity (Wildman–Crippen MR) is 171 cm³/mol. The van der Waals surface area contributed by atoms with Gasteiger partial charge in [0.25, 0.3) is 11.8 Å². The number of amides is 2. The normalized spacial score (nSPS) is 18.1. The molecule has 2 amide bonds. The van der Waals surface area contributed by atoms with Crippen LogP contribution in [-0.4, -0.2) is 81.4 Å². The van der Waals surface area contributed by atoms with Crippen molar-refractivity contribution >= 4 is 69.8 Å². The maximum Gasteiger partial charge on any atom is 0.278 e. The molecule has 0 bridgehead atoms. The number of benzene rings is 1. The Hall–Kier alpha value is -3.38. The molecule has 228 valence electrons. The van der Waals surface area contributed by atoms with Gasteiger partial charge in [0.05, 0.1) is 5.56 Å². The summed E-state index contributed by atoms with van der Waals surface area (Å²) in [7, 11) is 0. The molecule has 0 saturated carbocycles. The average Bonchev–Trinajstić information content (AvgIpc) is 2.99. The monoisotopic (exact) mass is 645 g/mol. The lowest BCUT2D eigenvalue weighted by atomic mass is 9.97. The maximum absolute atomic E-state index is 13.1. The fourth-order valence-electron chi connectivity index (χ4n) is 5.84. The van der Waals surface area contributed by atoms with E-state index in [0.29, 0.717) is 54.3 Å². The van der Waals surface area contributed by atoms with E-state index in [2.05, 4.69) is 37.0 Å². The Labute approximate surface area is 265 Å². The van der Waals surface area contributed by atoms with E-state index in [4.69, 9.17) is 46.3 Å². The largest absolute Gasteiger partial charge is 0.383 e. The zero-order valence-electron chi connectivity index (χ0n) is 23.8. The number of halogens is 3. The quantitative estimate of drug-likeness (QED) is 0.307. The molecule has 3 aromatic rings. The Bertz CT molecular complexity index is 1480. The Kier molecular flexibility index (Phi) is 9.75. The van der Waals surface area contributed by atoms with Crippen molar-refractivity contribution < 1.29 is 9.59 Å². The van der Waals surface area contributed by atoms with Crippen molar-refractivity contribution in [2.75, 3.05) is 54.4 Å². The van der Waals surface area contributed by atoms with E-state index in [1.54, 1.807) is 36.4 Å². The van der Waals surface area contributed by atoms with Gasteiger partial charge in [-0.25, -0.2) is 15.0 Å². The number of piperazine rings is 1. The molecule has 0 radical (unpaired) electrons. The van der Waals surface area contributed by atoms with Crippen LogP contribution in [0.5, 0.6) is 0 Å². The summed E-state index contributed by atoms with van der Waals surface area (Å²) in [6.07, 6.45) is 3.72. The number of nitrogens with two attached hydrogens (primary N) is 2. The molecule has 11 nitrogen and oxygen atoms in total. The van der Waals surface area contributed by atoms with Gasteiger partial charge in [0.1, 0.15) is 11.0 Å². The van der Waals surface area contributed by atoms with Crippen LogP contribution < -0.4 is 21.7 Å². The van der Waals surface area contributed by atoms with Crippen LogP contribution in [0, 0.1) is 0 Å². The molecular formula is C29H34Cl3N9O2. The number of nitrogens with zero attached hydrogens (tertiary/aromatic N) is 6. The molecule has 0 spiro atoms. The summed E-state index contributed by atoms with van der Waals surface area (Å²) in [5, 5.41) is 3.69. The molecule has 2 aliphatic rings. The summed E-state index contributed by atoms with van der Waals surface area (Å²) in [6, 6.07) is 10.5. The molecule has 1 atom stereocenters. The number of carbonyl (C=O) groups excluding carboxylic acids is 2. The first-order valence-corrected chi connectivity index (χ1v) is 15.4. The minimum absolute atomic E-state index is 0.00824. The molecular weight excluding hydrogens is 613 g/mol. The summed E-state index contributed by atoms with van der Waals surface area (Å²) in [6.45, 7) is 5.62. The van der Waals surface area contributed by atoms with Crippen LogP contribution in [0.4, 0.5) is 23.1 Å². The van der Waals surface area contributed by atoms with Crippen LogP contribution in [0.15, 0.2) is 36.4 Å². The van der Waals surface area contributed by atoms with Crippen molar-refractivity contribution in [2.45, 2.75) is 44.7 Å². The highest BCUT2D eigenvalue weighted by Crippen LogP contribution is 2.31. The zero-order chi connectivity index (χ0) is 30.7. The van der Waals surface area contributed by atoms with E-state index < -0.39 is 5.91 Å². The molecule has 43 heavy (non-hydrogen) atoms. The van der Waals surface area contributed by atoms with Crippen molar-refractivity contribution in [2.24, 2.45) is 0 Å². The van der Waals surface area contributed by atoms with Gasteiger partial charge in [0, 0.05) is 55.5 Å². The average molecular weight is 647 g/mol. The topological polar surface area (TPSA) is 147 Å². The van der Waals surface area contributed by atoms with E-state index in [1.807, 2.05) is 4.90 Å². The second kappa shape index (κ2) is 13.5. The number of rotatable bonds is 7. The highest BCUT2D eigenvalue weighted by atomic mass is 35.5. The number of piperidine rings is 1. The molecule has 5 rings (SSSR count). The molecule has 1 aromatic carbocycles. The van der Waals surface area contributed by atoms with Crippen molar-refractivity contribution in [3.63, 3.8) is 0 Å². The first-order valence-electron chi connectivity index (χ1n) is 14.3. The summed E-state index contributed by atoms with van der Waals surface area (Å²) in [5.74, 6) is 0.00300. The number of carbonyl (C=O) groups is 2. The van der Waals surface area contributed by atoms with E-state index in [-0.39, 0.29) is 39.6 Å². The number of hydrogen-bond donors (Lipinski definition) is 3. The van der Waals surface area contributed by atoms with Crippen molar-refractivity contribution in [1.82, 2.24) is 24.8 Å². The molecule has 5 N–H and O–H groups in total. The SMILES string of the molecule is CCC[C@H]1CN(c2nc(N)c(C(=O)Nc3ccc(Cl)cc3)nc2Cl)CCN1C1CCN(C(=O)c2ccc(Cl)nc2N)CC1. The minimum atomic E-state index is -0.505. The molecule has 2 aliphatic heterocycles. The molecule has 2 fully saturated rings. The van der Waals surface area contributed by atoms with E-state index in [0.717, 1.165) is 32.2 Å². The summed E-state index contributed by atoms with van der Waals surface area (Å²) < 4.78 is 0. The highest BCUT2D eigenvalue weighted by Gasteiger charge is 2.36. The van der Waals surface area contributed by atoms with Crippen LogP contribution in [-0.2, 0) is 0 Å². The van der Waals surface area contributed by atoms with E-state index in [9.17, 15) is 9.59 Å². The number of nitrogen functional groups attached to an aromatic ring is 2. The van der Waals surface area contributed by atoms with Crippen molar-refractivity contribution in [1.29, 1.82) is 0 Å². The van der Waals surface area contributed by atoms with Crippen molar-refractivity contribution in [3.05, 3.63) is 63.0 Å². The Morgan fingerprint density at radius 2 is 1.65 bits per heavy atom. The van der Waals surface area contributed by atoms with Crippen LogP contribution in [0.3, 0.4) is 0 Å². The molecule has 0 unspecified atom stereocenters. The number of likely N-dealkylation sites (tertiary alicyclic amines) is 1. The summed E-state index contributed by atoms with van der Waals surface area (Å²) in [4.78, 5) is 45.3. The standard InChI is InChI=1S/C29H34Cl3N9O2/c1-2-3-20-16-40(27-24(32)37-23(26(34)38-27)28(42)35-18-6-4-17(30)5-7-18)14-15-41(20)19-10-12-39(13-11-19)29(43)21-8-9-22(31)36-25(21)33/h4-9,19-20H,2-3,10-16H2,1H3,(H2,33,36)(H2,34,38)(H,35,42)/t20-/m0/s1. The van der Waals surface area contributed by atoms with E-state index in [1.165, 1.54) is 0 Å². The van der Waals surface area contributed by atoms with Gasteiger partial charge in [0.15, 0.2) is 22.5 Å². The first kappa shape index (κ1) is 31.1. The fraction of sp³-hybridized carbons (Fsp3) is 0.414. The lowest BCUT2D eigenvalue weighted by Crippen LogP contribution is -2.59. The second-order valence-electron chi connectivity index (χ2n) is 10.7. The number of hydrogen-bond acceptors (Lipinski definition) is 9. The van der Waals surface area contributed by atoms with Gasteiger partial charge in [-0.2, -0.15) is 0 Å². The zero-order valence-corrected chi connectivity index (χ0v) is 26.0. The molecule has 14 heteroatoms. The predicted octanol–water partition coefficient (Wildman–Crippen LogP) is 4.84. The third-order valence-corrected chi connectivity index (χ3v) is 8.69. The Morgan fingerprint density at radius 3 is 2.33 bits per heavy atom. The van der Waals surface area contributed by atoms with Crippen LogP contribution in [0.2, 0.25) is 15.3 Å². The van der Waals surface area contributed by atoms with Gasteiger partial charge in [-0.05, 0) is 55.7 Å². The maximum atomic E-state index is 13.1. The summed E-state index contributed by atoms with van der Waals surface area (Å²) in [5.41, 5.74) is 13.1. The molecule has 4 heterocycles. The lowest BCUT2D eigenvalue weighted by Gasteiger charge is -2.48. The van der Waals surface area contributed by atoms with Gasteiger partial charge in [-0.3, -0.25) is 14.5 Å². The van der Waals surface area contributed by atoms with Gasteiger partial charge in [-0.15, -0.1) is 0 Å². The van der Waals surface area contributed by atoms with Gasteiger partial charge in [0.2, 0.25) is 0 Å². The Morgan fingerprint density at radius 1 is 0.930 bits per heavy atom. The Balaban J connectivity index is 1.23. The van der Waals surface area contributed by atoms with Gasteiger partial charge in [-0.1, -0.05) is 48.1 Å². The number of pyridine rings is 1. The first-order chi connectivity index (χ1) is 20.6. The fourth-order valence-corrected chi connectivity index (χ4v) is 6.37. The third-order valence-electron chi connectivity index (χ3n) is 7.97. The molecule has 2 aromatic heterocycles. The van der Waals surface area contributed by atoms with Crippen LogP contribution in [0.25, 0.3) is 0 Å². The number of aromatic nitrogens is 3. The lowest BCUT2D eigenvalue weighted by molar-refractivity contribution is 0.0481. The van der Waals surface area contributed by atoms with E-state index >= 15 is 0 Å². The van der Waals surface area contributed by atoms with Crippen LogP contribution >= 0.6 is 34.8 Å². The van der Waals surface area contributed by atoms with Crippen molar-refractivity contribution in [3.8, 4) is 0 Å². The summed E-state index contributed by atoms with van der Waals surface area (Å²) >= 11 is 18.4. The third kappa shape index (κ3) is 7.06. The molecule has 0 aliphatic carbocycles.